The SMILES string of the molecule is CCCCCCCCCCCCC(Oc1ccc(O)c(C(C)(C)C)c1)C(=O)Nc1ccc(Cl)c(N=C2NN(c3c(Cl)cc(Cl)cc3Cl)C(=O)C2N=Nc2cc(C)ccc2O)c1. The summed E-state index contributed by atoms with van der Waals surface area (Å²) in [6.45, 7) is 10.0. The number of amidine groups is 1. The van der Waals surface area contributed by atoms with Gasteiger partial charge in [0.25, 0.3) is 11.8 Å². The van der Waals surface area contributed by atoms with Crippen LogP contribution >= 0.6 is 46.4 Å². The molecule has 4 aromatic carbocycles. The number of unbranched alkanes of at least 4 members (excludes halogenated alkanes) is 9. The Morgan fingerprint density at radius 2 is 1.46 bits per heavy atom. The van der Waals surface area contributed by atoms with Crippen LogP contribution in [0.3, 0.4) is 0 Å². The number of rotatable bonds is 19. The third kappa shape index (κ3) is 13.2. The van der Waals surface area contributed by atoms with Crippen LogP contribution in [0.15, 0.2) is 82.0 Å². The Kier molecular flexibility index (Phi) is 17.1. The van der Waals surface area contributed by atoms with Gasteiger partial charge in [0, 0.05) is 16.3 Å². The molecule has 15 heteroatoms. The number of hydrazine groups is 1. The average molecular weight is 913 g/mol. The molecule has 61 heavy (non-hydrogen) atoms. The second kappa shape index (κ2) is 22.0. The van der Waals surface area contributed by atoms with Crippen LogP contribution in [0.2, 0.25) is 20.1 Å². The number of hydrogen-bond acceptors (Lipinski definition) is 8. The number of phenolic OH excluding ortho intramolecular Hbond substituents is 2. The lowest BCUT2D eigenvalue weighted by molar-refractivity contribution is -0.123. The molecule has 5 rings (SSSR count). The largest absolute Gasteiger partial charge is 0.508 e. The molecule has 1 aliphatic rings. The lowest BCUT2D eigenvalue weighted by atomic mass is 9.86. The van der Waals surface area contributed by atoms with Crippen LogP contribution in [-0.2, 0) is 15.0 Å². The van der Waals surface area contributed by atoms with E-state index >= 15 is 0 Å². The average Bonchev–Trinajstić information content (AvgIpc) is 3.49. The number of aromatic hydroxyl groups is 2. The van der Waals surface area contributed by atoms with Crippen LogP contribution in [0.1, 0.15) is 109 Å². The summed E-state index contributed by atoms with van der Waals surface area (Å²) in [5.41, 5.74) is 4.95. The summed E-state index contributed by atoms with van der Waals surface area (Å²) in [5.74, 6) is -0.494. The number of anilines is 2. The highest BCUT2D eigenvalue weighted by atomic mass is 35.5. The normalized spacial score (nSPS) is 15.4. The predicted octanol–water partition coefficient (Wildman–Crippen LogP) is 13.7. The second-order valence-corrected chi connectivity index (χ2v) is 17.9. The van der Waals surface area contributed by atoms with E-state index in [1.54, 1.807) is 48.5 Å². The second-order valence-electron chi connectivity index (χ2n) is 16.3. The Morgan fingerprint density at radius 3 is 2.11 bits per heavy atom. The van der Waals surface area contributed by atoms with E-state index in [1.807, 2.05) is 27.7 Å². The molecule has 0 spiro atoms. The molecule has 1 heterocycles. The zero-order valence-corrected chi connectivity index (χ0v) is 38.2. The number of aryl methyl sites for hydroxylation is 1. The lowest BCUT2D eigenvalue weighted by Crippen LogP contribution is -2.36. The first kappa shape index (κ1) is 47.5. The lowest BCUT2D eigenvalue weighted by Gasteiger charge is -2.23. The number of benzene rings is 4. The monoisotopic (exact) mass is 910 g/mol. The summed E-state index contributed by atoms with van der Waals surface area (Å²) in [7, 11) is 0. The van der Waals surface area contributed by atoms with Crippen molar-refractivity contribution in [2.24, 2.45) is 15.2 Å². The predicted molar refractivity (Wildman–Crippen MR) is 248 cm³/mol. The number of azo groups is 1. The van der Waals surface area contributed by atoms with E-state index in [0.29, 0.717) is 23.4 Å². The zero-order valence-electron chi connectivity index (χ0n) is 35.2. The molecule has 2 amide bonds. The van der Waals surface area contributed by atoms with Gasteiger partial charge in [-0.05, 0) is 91.4 Å². The van der Waals surface area contributed by atoms with Crippen molar-refractivity contribution in [1.82, 2.24) is 5.43 Å². The highest BCUT2D eigenvalue weighted by Gasteiger charge is 2.41. The minimum atomic E-state index is -1.35. The number of amides is 2. The molecule has 2 unspecified atom stereocenters. The van der Waals surface area contributed by atoms with Crippen molar-refractivity contribution < 1.29 is 24.5 Å². The Morgan fingerprint density at radius 1 is 0.820 bits per heavy atom. The maximum atomic E-state index is 14.1. The van der Waals surface area contributed by atoms with Crippen molar-refractivity contribution in [3.8, 4) is 17.2 Å². The van der Waals surface area contributed by atoms with Gasteiger partial charge in [0.05, 0.1) is 20.8 Å². The maximum Gasteiger partial charge on any atom is 0.280 e. The Balaban J connectivity index is 1.40. The van der Waals surface area contributed by atoms with Crippen molar-refractivity contribution >= 4 is 86.8 Å². The molecule has 0 radical (unpaired) electrons. The first-order valence-electron chi connectivity index (χ1n) is 20.7. The van der Waals surface area contributed by atoms with Crippen LogP contribution in [0.5, 0.6) is 17.2 Å². The molecular weight excluding hydrogens is 858 g/mol. The van der Waals surface area contributed by atoms with E-state index in [4.69, 9.17) is 56.1 Å². The number of carbonyl (C=O) groups is 2. The molecular formula is C46H54Cl4N6O5. The van der Waals surface area contributed by atoms with Gasteiger partial charge in [-0.2, -0.15) is 10.2 Å². The van der Waals surface area contributed by atoms with Gasteiger partial charge in [-0.15, -0.1) is 0 Å². The fraction of sp³-hybridized carbons (Fsp3) is 0.413. The smallest absolute Gasteiger partial charge is 0.280 e. The van der Waals surface area contributed by atoms with E-state index in [0.717, 1.165) is 36.3 Å². The number of phenols is 2. The van der Waals surface area contributed by atoms with Gasteiger partial charge in [-0.3, -0.25) is 15.0 Å². The van der Waals surface area contributed by atoms with E-state index in [1.165, 1.54) is 56.7 Å². The van der Waals surface area contributed by atoms with Crippen LogP contribution in [-0.4, -0.2) is 40.0 Å². The first-order valence-corrected chi connectivity index (χ1v) is 22.2. The number of nitrogens with zero attached hydrogens (tertiary/aromatic N) is 4. The highest BCUT2D eigenvalue weighted by molar-refractivity contribution is 6.43. The van der Waals surface area contributed by atoms with Crippen molar-refractivity contribution in [3.63, 3.8) is 0 Å². The van der Waals surface area contributed by atoms with Gasteiger partial charge in [-0.1, -0.05) is 138 Å². The van der Waals surface area contributed by atoms with Crippen molar-refractivity contribution in [2.75, 3.05) is 10.3 Å². The fourth-order valence-electron chi connectivity index (χ4n) is 6.85. The molecule has 11 nitrogen and oxygen atoms in total. The van der Waals surface area contributed by atoms with Crippen LogP contribution in [0, 0.1) is 6.92 Å². The number of ether oxygens (including phenoxy) is 1. The Labute approximate surface area is 378 Å². The summed E-state index contributed by atoms with van der Waals surface area (Å²) < 4.78 is 6.37. The third-order valence-electron chi connectivity index (χ3n) is 10.2. The third-order valence-corrected chi connectivity index (χ3v) is 11.3. The topological polar surface area (TPSA) is 148 Å². The van der Waals surface area contributed by atoms with Crippen molar-refractivity contribution in [2.45, 2.75) is 123 Å². The molecule has 2 atom stereocenters. The maximum absolute atomic E-state index is 14.1. The summed E-state index contributed by atoms with van der Waals surface area (Å²) >= 11 is 25.9. The number of carbonyl (C=O) groups excluding carboxylic acids is 2. The number of halogens is 4. The van der Waals surface area contributed by atoms with Gasteiger partial charge in [0.2, 0.25) is 6.04 Å². The van der Waals surface area contributed by atoms with Crippen LogP contribution < -0.4 is 20.5 Å². The Bertz CT molecular complexity index is 2220. The van der Waals surface area contributed by atoms with Crippen LogP contribution in [0.25, 0.3) is 0 Å². The Hall–Kier alpha value is -4.55. The van der Waals surface area contributed by atoms with Gasteiger partial charge in [0.15, 0.2) is 11.9 Å². The summed E-state index contributed by atoms with van der Waals surface area (Å²) in [6, 6.07) is 16.2. The summed E-state index contributed by atoms with van der Waals surface area (Å²) in [4.78, 5) is 32.7. The molecule has 4 aromatic rings. The van der Waals surface area contributed by atoms with E-state index in [2.05, 4.69) is 27.9 Å². The van der Waals surface area contributed by atoms with Gasteiger partial charge >= 0.3 is 0 Å². The van der Waals surface area contributed by atoms with E-state index in [9.17, 15) is 19.8 Å². The molecule has 0 bridgehead atoms. The van der Waals surface area contributed by atoms with Crippen molar-refractivity contribution in [1.29, 1.82) is 0 Å². The minimum Gasteiger partial charge on any atom is -0.508 e. The summed E-state index contributed by atoms with van der Waals surface area (Å²) in [5, 5.41) is 34.2. The van der Waals surface area contributed by atoms with Gasteiger partial charge in [-0.25, -0.2) is 10.0 Å². The van der Waals surface area contributed by atoms with Gasteiger partial charge in [0.1, 0.15) is 28.6 Å². The van der Waals surface area contributed by atoms with E-state index in [-0.39, 0.29) is 65.8 Å². The van der Waals surface area contributed by atoms with Crippen LogP contribution in [0.4, 0.5) is 22.7 Å². The van der Waals surface area contributed by atoms with E-state index < -0.39 is 18.1 Å². The van der Waals surface area contributed by atoms with Crippen molar-refractivity contribution in [3.05, 3.63) is 97.9 Å². The summed E-state index contributed by atoms with van der Waals surface area (Å²) in [6.07, 6.45) is 11.1. The molecule has 1 aliphatic heterocycles. The molecule has 4 N–H and O–H groups in total. The minimum absolute atomic E-state index is 0.0116. The first-order chi connectivity index (χ1) is 29.0. The zero-order chi connectivity index (χ0) is 44.3. The molecule has 0 aliphatic carbocycles. The molecule has 1 saturated heterocycles. The fourth-order valence-corrected chi connectivity index (χ4v) is 8.00. The molecule has 1 fully saturated rings. The quantitative estimate of drug-likeness (QED) is 0.0544. The molecule has 0 saturated carbocycles. The standard InChI is InChI=1S/C46H54Cl4N6O5/c1-6-7-8-9-10-11-12-13-14-15-16-40(61-31-19-22-38(57)32(27-31)46(3,4)5)44(59)51-30-18-20-33(48)36(26-30)52-43-41(54-53-37-23-28(2)17-21-39(37)58)45(60)56(55-43)42-34(49)24-29(47)25-35(42)50/h17-27,40-41,57-58H,6-16H2,1-5H3,(H,51,59)(H,52,55). The molecule has 326 valence electrons. The number of hydrogen-bond donors (Lipinski definition) is 4. The van der Waals surface area contributed by atoms with Gasteiger partial charge < -0.3 is 20.3 Å². The highest BCUT2D eigenvalue weighted by Crippen LogP contribution is 2.39. The molecule has 0 aromatic heterocycles. The number of nitrogens with one attached hydrogen (secondary N) is 2. The number of aliphatic imine (C=N–C) groups is 1.